The zero-order valence-electron chi connectivity index (χ0n) is 7.98. The Bertz CT molecular complexity index is 539. The molecule has 2 aromatic rings. The molecule has 0 bridgehead atoms. The number of benzene rings is 2. The highest BCUT2D eigenvalue weighted by Crippen LogP contribution is 2.35. The number of rotatable bonds is 1. The molecule has 2 rings (SSSR count). The van der Waals surface area contributed by atoms with Gasteiger partial charge in [-0.3, -0.25) is 0 Å². The van der Waals surface area contributed by atoms with Crippen LogP contribution in [0.4, 0.5) is 0 Å². The number of hydrogen-bond donors (Lipinski definition) is 0. The SMILES string of the molecule is Brc1cc(I)c(-c2ccccc2I)cc1Br. The van der Waals surface area contributed by atoms with Crippen LogP contribution < -0.4 is 0 Å². The molecule has 2 aromatic carbocycles. The lowest BCUT2D eigenvalue weighted by molar-refractivity contribution is 1.50. The lowest BCUT2D eigenvalue weighted by atomic mass is 10.1. The van der Waals surface area contributed by atoms with Crippen LogP contribution in [-0.2, 0) is 0 Å². The van der Waals surface area contributed by atoms with Crippen LogP contribution in [-0.4, -0.2) is 0 Å². The monoisotopic (exact) mass is 562 g/mol. The summed E-state index contributed by atoms with van der Waals surface area (Å²) in [7, 11) is 0. The molecule has 0 aliphatic rings. The second kappa shape index (κ2) is 5.67. The summed E-state index contributed by atoms with van der Waals surface area (Å²) in [5.41, 5.74) is 2.54. The normalized spacial score (nSPS) is 10.5. The highest BCUT2D eigenvalue weighted by atomic mass is 127. The van der Waals surface area contributed by atoms with Gasteiger partial charge in [0.15, 0.2) is 0 Å². The van der Waals surface area contributed by atoms with E-state index in [1.165, 1.54) is 18.3 Å². The van der Waals surface area contributed by atoms with Gasteiger partial charge in [0.2, 0.25) is 0 Å². The lowest BCUT2D eigenvalue weighted by Gasteiger charge is -2.09. The fraction of sp³-hybridized carbons (Fsp3) is 0. The van der Waals surface area contributed by atoms with E-state index in [2.05, 4.69) is 113 Å². The first-order valence-electron chi connectivity index (χ1n) is 4.49. The molecule has 0 atom stereocenters. The molecule has 0 heterocycles. The molecule has 0 aliphatic carbocycles. The molecule has 0 fully saturated rings. The van der Waals surface area contributed by atoms with Crippen LogP contribution in [0.15, 0.2) is 45.3 Å². The summed E-state index contributed by atoms with van der Waals surface area (Å²) in [6.45, 7) is 0. The average Bonchev–Trinajstić information content (AvgIpc) is 2.25. The van der Waals surface area contributed by atoms with Gasteiger partial charge in [-0.15, -0.1) is 0 Å². The molecule has 0 aromatic heterocycles. The van der Waals surface area contributed by atoms with Crippen molar-refractivity contribution in [3.63, 3.8) is 0 Å². The van der Waals surface area contributed by atoms with Crippen molar-refractivity contribution in [1.82, 2.24) is 0 Å². The molecule has 0 amide bonds. The zero-order chi connectivity index (χ0) is 11.7. The molecule has 0 aliphatic heterocycles. The fourth-order valence-electron chi connectivity index (χ4n) is 1.41. The maximum absolute atomic E-state index is 3.55. The average molecular weight is 564 g/mol. The summed E-state index contributed by atoms with van der Waals surface area (Å²) >= 11 is 11.8. The van der Waals surface area contributed by atoms with E-state index in [0.29, 0.717) is 0 Å². The molecule has 0 saturated carbocycles. The Hall–Kier alpha value is 0.860. The molecular weight excluding hydrogens is 558 g/mol. The Kier molecular flexibility index (Phi) is 4.71. The van der Waals surface area contributed by atoms with Gasteiger partial charge in [0.25, 0.3) is 0 Å². The van der Waals surface area contributed by atoms with Crippen LogP contribution in [0.1, 0.15) is 0 Å². The molecule has 4 heteroatoms. The van der Waals surface area contributed by atoms with Crippen molar-refractivity contribution in [1.29, 1.82) is 0 Å². The molecule has 0 saturated heterocycles. The van der Waals surface area contributed by atoms with Gasteiger partial charge in [0, 0.05) is 16.1 Å². The van der Waals surface area contributed by atoms with Crippen LogP contribution in [0.3, 0.4) is 0 Å². The van der Waals surface area contributed by atoms with Crippen LogP contribution in [0, 0.1) is 7.14 Å². The summed E-state index contributed by atoms with van der Waals surface area (Å²) in [5, 5.41) is 0. The maximum atomic E-state index is 3.55. The minimum atomic E-state index is 1.09. The summed E-state index contributed by atoms with van der Waals surface area (Å²) in [6.07, 6.45) is 0. The van der Waals surface area contributed by atoms with Gasteiger partial charge in [-0.05, 0) is 106 Å². The van der Waals surface area contributed by atoms with E-state index in [1.54, 1.807) is 0 Å². The Balaban J connectivity index is 2.65. The van der Waals surface area contributed by atoms with Crippen LogP contribution in [0.5, 0.6) is 0 Å². The Morgan fingerprint density at radius 1 is 0.750 bits per heavy atom. The van der Waals surface area contributed by atoms with Gasteiger partial charge in [-0.1, -0.05) is 18.2 Å². The first-order valence-corrected chi connectivity index (χ1v) is 8.23. The van der Waals surface area contributed by atoms with E-state index < -0.39 is 0 Å². The zero-order valence-corrected chi connectivity index (χ0v) is 15.5. The molecule has 0 nitrogen and oxygen atoms in total. The second-order valence-electron chi connectivity index (χ2n) is 3.23. The van der Waals surface area contributed by atoms with E-state index in [0.717, 1.165) is 8.95 Å². The summed E-state index contributed by atoms with van der Waals surface area (Å²) < 4.78 is 4.69. The van der Waals surface area contributed by atoms with E-state index in [-0.39, 0.29) is 0 Å². The Morgan fingerprint density at radius 2 is 1.38 bits per heavy atom. The quantitative estimate of drug-likeness (QED) is 0.291. The van der Waals surface area contributed by atoms with Gasteiger partial charge in [-0.2, -0.15) is 0 Å². The van der Waals surface area contributed by atoms with Crippen molar-refractivity contribution in [2.24, 2.45) is 0 Å². The first kappa shape index (κ1) is 13.3. The summed E-state index contributed by atoms with van der Waals surface area (Å²) in [6, 6.07) is 12.7. The molecule has 16 heavy (non-hydrogen) atoms. The molecular formula is C12H6Br2I2. The first-order chi connectivity index (χ1) is 7.59. The topological polar surface area (TPSA) is 0 Å². The van der Waals surface area contributed by atoms with Crippen molar-refractivity contribution in [3.05, 3.63) is 52.5 Å². The minimum Gasteiger partial charge on any atom is -0.0616 e. The van der Waals surface area contributed by atoms with Crippen LogP contribution in [0.2, 0.25) is 0 Å². The third-order valence-electron chi connectivity index (χ3n) is 2.17. The van der Waals surface area contributed by atoms with Crippen molar-refractivity contribution < 1.29 is 0 Å². The third kappa shape index (κ3) is 2.81. The second-order valence-corrected chi connectivity index (χ2v) is 7.26. The van der Waals surface area contributed by atoms with Crippen molar-refractivity contribution in [3.8, 4) is 11.1 Å². The predicted molar refractivity (Wildman–Crippen MR) is 92.7 cm³/mol. The van der Waals surface area contributed by atoms with Gasteiger partial charge in [0.1, 0.15) is 0 Å². The van der Waals surface area contributed by atoms with Crippen LogP contribution in [0.25, 0.3) is 11.1 Å². The van der Waals surface area contributed by atoms with E-state index >= 15 is 0 Å². The number of hydrogen-bond acceptors (Lipinski definition) is 0. The minimum absolute atomic E-state index is 1.09. The van der Waals surface area contributed by atoms with E-state index in [1.807, 2.05) is 0 Å². The summed E-state index contributed by atoms with van der Waals surface area (Å²) in [5.74, 6) is 0. The molecule has 0 N–H and O–H groups in total. The van der Waals surface area contributed by atoms with Crippen molar-refractivity contribution in [2.75, 3.05) is 0 Å². The summed E-state index contributed by atoms with van der Waals surface area (Å²) in [4.78, 5) is 0. The maximum Gasteiger partial charge on any atom is 0.0328 e. The Labute approximate surface area is 139 Å². The molecule has 0 spiro atoms. The van der Waals surface area contributed by atoms with Crippen molar-refractivity contribution >= 4 is 77.0 Å². The molecule has 82 valence electrons. The molecule has 0 unspecified atom stereocenters. The van der Waals surface area contributed by atoms with Crippen LogP contribution >= 0.6 is 77.0 Å². The van der Waals surface area contributed by atoms with Crippen molar-refractivity contribution in [2.45, 2.75) is 0 Å². The van der Waals surface area contributed by atoms with Gasteiger partial charge in [-0.25, -0.2) is 0 Å². The third-order valence-corrected chi connectivity index (χ3v) is 5.85. The predicted octanol–water partition coefficient (Wildman–Crippen LogP) is 6.09. The highest BCUT2D eigenvalue weighted by Gasteiger charge is 2.09. The fourth-order valence-corrected chi connectivity index (χ4v) is 3.96. The number of halogens is 4. The smallest absolute Gasteiger partial charge is 0.0328 e. The lowest BCUT2D eigenvalue weighted by Crippen LogP contribution is -1.87. The largest absolute Gasteiger partial charge is 0.0616 e. The van der Waals surface area contributed by atoms with E-state index in [4.69, 9.17) is 0 Å². The van der Waals surface area contributed by atoms with Gasteiger partial charge < -0.3 is 0 Å². The van der Waals surface area contributed by atoms with Gasteiger partial charge >= 0.3 is 0 Å². The standard InChI is InChI=1S/C12H6Br2I2/c13-9-5-8(12(16)6-10(9)14)7-3-1-2-4-11(7)15/h1-6H. The highest BCUT2D eigenvalue weighted by molar-refractivity contribution is 14.1. The van der Waals surface area contributed by atoms with E-state index in [9.17, 15) is 0 Å². The van der Waals surface area contributed by atoms with Gasteiger partial charge in [0.05, 0.1) is 0 Å². The molecule has 0 radical (unpaired) electrons. The Morgan fingerprint density at radius 3 is 2.06 bits per heavy atom.